The molecule has 0 saturated carbocycles. The Morgan fingerprint density at radius 1 is 1.04 bits per heavy atom. The molecule has 124 valence electrons. The van der Waals surface area contributed by atoms with Crippen molar-refractivity contribution < 1.29 is 4.42 Å². The molecule has 0 radical (unpaired) electrons. The van der Waals surface area contributed by atoms with Crippen LogP contribution in [-0.2, 0) is 12.8 Å². The van der Waals surface area contributed by atoms with E-state index in [1.807, 2.05) is 35.8 Å². The Labute approximate surface area is 153 Å². The number of hydrogen-bond acceptors (Lipinski definition) is 5. The minimum atomic E-state index is 0.779. The van der Waals surface area contributed by atoms with Gasteiger partial charge in [-0.2, -0.15) is 0 Å². The lowest BCUT2D eigenvalue weighted by molar-refractivity contribution is 0.560. The SMILES string of the molecule is C(=Nc1sc2c(c1-c1nc3ccccc3s1)CCCC2)c1ccco1. The number of benzene rings is 1. The van der Waals surface area contributed by atoms with Crippen molar-refractivity contribution in [3.05, 3.63) is 58.9 Å². The second-order valence-corrected chi connectivity index (χ2v) is 8.27. The van der Waals surface area contributed by atoms with Crippen LogP contribution in [0.1, 0.15) is 29.0 Å². The third-order valence-corrected chi connectivity index (χ3v) is 6.77. The van der Waals surface area contributed by atoms with Gasteiger partial charge >= 0.3 is 0 Å². The molecule has 25 heavy (non-hydrogen) atoms. The van der Waals surface area contributed by atoms with E-state index in [0.29, 0.717) is 0 Å². The Balaban J connectivity index is 1.67. The summed E-state index contributed by atoms with van der Waals surface area (Å²) in [6, 6.07) is 12.2. The van der Waals surface area contributed by atoms with Crippen LogP contribution in [0.3, 0.4) is 0 Å². The van der Waals surface area contributed by atoms with Gasteiger partial charge in [-0.3, -0.25) is 0 Å². The molecule has 0 N–H and O–H groups in total. The number of furan rings is 1. The highest BCUT2D eigenvalue weighted by Gasteiger charge is 2.23. The summed E-state index contributed by atoms with van der Waals surface area (Å²) in [5.74, 6) is 0.779. The van der Waals surface area contributed by atoms with Crippen LogP contribution in [0.2, 0.25) is 0 Å². The normalized spacial score (nSPS) is 14.4. The first-order chi connectivity index (χ1) is 12.4. The van der Waals surface area contributed by atoms with E-state index >= 15 is 0 Å². The third-order valence-electron chi connectivity index (χ3n) is 4.51. The van der Waals surface area contributed by atoms with Crippen LogP contribution in [-0.4, -0.2) is 11.2 Å². The van der Waals surface area contributed by atoms with Crippen molar-refractivity contribution in [2.45, 2.75) is 25.7 Å². The van der Waals surface area contributed by atoms with Gasteiger partial charge in [0.15, 0.2) is 0 Å². The minimum Gasteiger partial charge on any atom is -0.463 e. The molecule has 0 amide bonds. The van der Waals surface area contributed by atoms with Gasteiger partial charge in [-0.15, -0.1) is 22.7 Å². The van der Waals surface area contributed by atoms with Crippen LogP contribution in [0.5, 0.6) is 0 Å². The summed E-state index contributed by atoms with van der Waals surface area (Å²) in [7, 11) is 0. The molecular weight excluding hydrogens is 348 g/mol. The molecule has 3 heterocycles. The summed E-state index contributed by atoms with van der Waals surface area (Å²) in [6.45, 7) is 0. The molecular formula is C20H16N2OS2. The maximum atomic E-state index is 5.39. The van der Waals surface area contributed by atoms with Crippen LogP contribution < -0.4 is 0 Å². The average molecular weight is 364 g/mol. The number of para-hydroxylation sites is 1. The lowest BCUT2D eigenvalue weighted by Crippen LogP contribution is -1.99. The Morgan fingerprint density at radius 3 is 2.84 bits per heavy atom. The zero-order valence-corrected chi connectivity index (χ0v) is 15.2. The molecule has 1 aromatic carbocycles. The van der Waals surface area contributed by atoms with E-state index < -0.39 is 0 Å². The summed E-state index contributed by atoms with van der Waals surface area (Å²) in [4.78, 5) is 11.1. The Bertz CT molecular complexity index is 1020. The summed E-state index contributed by atoms with van der Waals surface area (Å²) >= 11 is 3.58. The van der Waals surface area contributed by atoms with Crippen LogP contribution in [0.25, 0.3) is 20.8 Å². The number of aromatic nitrogens is 1. The molecule has 0 unspecified atom stereocenters. The number of thiazole rings is 1. The second kappa shape index (κ2) is 6.24. The number of aliphatic imine (C=N–C) groups is 1. The fourth-order valence-electron chi connectivity index (χ4n) is 3.33. The van der Waals surface area contributed by atoms with E-state index in [1.165, 1.54) is 33.5 Å². The monoisotopic (exact) mass is 364 g/mol. The van der Waals surface area contributed by atoms with E-state index in [2.05, 4.69) is 18.2 Å². The number of nitrogens with zero attached hydrogens (tertiary/aromatic N) is 2. The number of aryl methyl sites for hydroxylation is 1. The van der Waals surface area contributed by atoms with E-state index in [-0.39, 0.29) is 0 Å². The van der Waals surface area contributed by atoms with E-state index in [9.17, 15) is 0 Å². The lowest BCUT2D eigenvalue weighted by atomic mass is 9.96. The van der Waals surface area contributed by atoms with E-state index in [1.54, 1.807) is 17.6 Å². The zero-order chi connectivity index (χ0) is 16.6. The fourth-order valence-corrected chi connectivity index (χ4v) is 5.67. The molecule has 0 atom stereocenters. The summed E-state index contributed by atoms with van der Waals surface area (Å²) in [5.41, 5.74) is 3.77. The highest BCUT2D eigenvalue weighted by molar-refractivity contribution is 7.22. The zero-order valence-electron chi connectivity index (χ0n) is 13.6. The molecule has 1 aliphatic rings. The van der Waals surface area contributed by atoms with Gasteiger partial charge in [0.25, 0.3) is 0 Å². The van der Waals surface area contributed by atoms with Crippen molar-refractivity contribution in [2.24, 2.45) is 4.99 Å². The van der Waals surface area contributed by atoms with Crippen molar-refractivity contribution in [2.75, 3.05) is 0 Å². The van der Waals surface area contributed by atoms with E-state index in [0.717, 1.165) is 34.1 Å². The quantitative estimate of drug-likeness (QED) is 0.403. The molecule has 5 rings (SSSR count). The molecule has 4 aromatic rings. The average Bonchev–Trinajstić information content (AvgIpc) is 3.36. The highest BCUT2D eigenvalue weighted by atomic mass is 32.1. The van der Waals surface area contributed by atoms with Crippen molar-refractivity contribution in [3.63, 3.8) is 0 Å². The Kier molecular flexibility index (Phi) is 3.76. The molecule has 0 bridgehead atoms. The number of rotatable bonds is 3. The molecule has 3 nitrogen and oxygen atoms in total. The van der Waals surface area contributed by atoms with Crippen molar-refractivity contribution in [1.29, 1.82) is 0 Å². The van der Waals surface area contributed by atoms with Gasteiger partial charge in [-0.05, 0) is 55.5 Å². The minimum absolute atomic E-state index is 0.779. The van der Waals surface area contributed by atoms with Gasteiger partial charge in [0.1, 0.15) is 15.8 Å². The number of fused-ring (bicyclic) bond motifs is 2. The van der Waals surface area contributed by atoms with Crippen LogP contribution >= 0.6 is 22.7 Å². The van der Waals surface area contributed by atoms with Gasteiger partial charge in [0, 0.05) is 4.88 Å². The topological polar surface area (TPSA) is 38.4 Å². The molecule has 0 aliphatic heterocycles. The predicted molar refractivity (Wildman–Crippen MR) is 106 cm³/mol. The highest BCUT2D eigenvalue weighted by Crippen LogP contribution is 2.47. The fraction of sp³-hybridized carbons (Fsp3) is 0.200. The van der Waals surface area contributed by atoms with Gasteiger partial charge in [0.05, 0.1) is 28.3 Å². The summed E-state index contributed by atoms with van der Waals surface area (Å²) in [6.07, 6.45) is 8.31. The Hall–Kier alpha value is -2.24. The molecule has 0 saturated heterocycles. The van der Waals surface area contributed by atoms with Gasteiger partial charge < -0.3 is 4.42 Å². The maximum Gasteiger partial charge on any atom is 0.144 e. The van der Waals surface area contributed by atoms with Gasteiger partial charge in [0.2, 0.25) is 0 Å². The molecule has 1 aliphatic carbocycles. The van der Waals surface area contributed by atoms with Gasteiger partial charge in [-0.25, -0.2) is 9.98 Å². The van der Waals surface area contributed by atoms with Crippen LogP contribution in [0.4, 0.5) is 5.00 Å². The molecule has 0 spiro atoms. The predicted octanol–water partition coefficient (Wildman–Crippen LogP) is 6.25. The molecule has 5 heteroatoms. The van der Waals surface area contributed by atoms with Crippen molar-refractivity contribution in [3.8, 4) is 10.6 Å². The first-order valence-electron chi connectivity index (χ1n) is 8.46. The maximum absolute atomic E-state index is 5.39. The van der Waals surface area contributed by atoms with Crippen LogP contribution in [0.15, 0.2) is 52.1 Å². The third kappa shape index (κ3) is 2.73. The first kappa shape index (κ1) is 15.0. The molecule has 3 aromatic heterocycles. The number of hydrogen-bond donors (Lipinski definition) is 0. The standard InChI is InChI=1S/C20H16N2OS2/c1-3-9-16-14(7-1)18(19(24-16)21-12-13-6-5-11-23-13)20-22-15-8-2-4-10-17(15)25-20/h2,4-6,8,10-12H,1,3,7,9H2. The van der Waals surface area contributed by atoms with E-state index in [4.69, 9.17) is 14.4 Å². The van der Waals surface area contributed by atoms with Crippen molar-refractivity contribution >= 4 is 44.1 Å². The van der Waals surface area contributed by atoms with Crippen molar-refractivity contribution in [1.82, 2.24) is 4.98 Å². The Morgan fingerprint density at radius 2 is 1.96 bits per heavy atom. The largest absolute Gasteiger partial charge is 0.463 e. The number of thiophene rings is 1. The summed E-state index contributed by atoms with van der Waals surface area (Å²) < 4.78 is 6.62. The smallest absolute Gasteiger partial charge is 0.144 e. The van der Waals surface area contributed by atoms with Crippen LogP contribution in [0, 0.1) is 0 Å². The molecule has 0 fully saturated rings. The second-order valence-electron chi connectivity index (χ2n) is 6.15. The summed E-state index contributed by atoms with van der Waals surface area (Å²) in [5, 5.41) is 2.15. The van der Waals surface area contributed by atoms with Gasteiger partial charge in [-0.1, -0.05) is 12.1 Å². The first-order valence-corrected chi connectivity index (χ1v) is 10.1. The lowest BCUT2D eigenvalue weighted by Gasteiger charge is -2.11.